The van der Waals surface area contributed by atoms with Crippen molar-refractivity contribution >= 4 is 31.9 Å². The van der Waals surface area contributed by atoms with Crippen LogP contribution in [0.2, 0.25) is 0 Å². The lowest BCUT2D eigenvalue weighted by Crippen LogP contribution is -2.43. The molecule has 1 aliphatic heterocycles. The van der Waals surface area contributed by atoms with Gasteiger partial charge in [0, 0.05) is 0 Å². The number of hydrogen-bond donors (Lipinski definition) is 0. The van der Waals surface area contributed by atoms with Gasteiger partial charge in [-0.1, -0.05) is 31.9 Å². The van der Waals surface area contributed by atoms with Crippen molar-refractivity contribution in [2.75, 3.05) is 23.9 Å². The van der Waals surface area contributed by atoms with Gasteiger partial charge in [-0.15, -0.1) is 0 Å². The summed E-state index contributed by atoms with van der Waals surface area (Å²) in [5, 5.41) is 1.45. The molecule has 0 amide bonds. The van der Waals surface area contributed by atoms with Gasteiger partial charge >= 0.3 is 0 Å². The fraction of sp³-hybridized carbons (Fsp3) is 1.00. The highest BCUT2D eigenvalue weighted by atomic mass is 79.9. The maximum atomic E-state index is 5.45. The molecule has 0 aromatic heterocycles. The number of hydrogen-bond acceptors (Lipinski definition) is 2. The van der Waals surface area contributed by atoms with E-state index in [1.165, 1.54) is 0 Å². The van der Waals surface area contributed by atoms with E-state index in [0.29, 0.717) is 0 Å². The maximum Gasteiger partial charge on any atom is 0.187 e. The zero-order chi connectivity index (χ0) is 7.45. The van der Waals surface area contributed by atoms with Crippen LogP contribution in [-0.2, 0) is 9.47 Å². The first-order chi connectivity index (χ1) is 4.83. The predicted molar refractivity (Wildman–Crippen MR) is 46.8 cm³/mol. The van der Waals surface area contributed by atoms with Gasteiger partial charge in [-0.3, -0.25) is 0 Å². The first kappa shape index (κ1) is 8.97. The lowest BCUT2D eigenvalue weighted by molar-refractivity contribution is -0.236. The molecule has 0 spiro atoms. The SMILES string of the molecule is BrCC1(CBr)OCCCO1. The fourth-order valence-electron chi connectivity index (χ4n) is 0.807. The first-order valence-electron chi connectivity index (χ1n) is 3.23. The monoisotopic (exact) mass is 272 g/mol. The number of halogens is 2. The number of rotatable bonds is 2. The Labute approximate surface area is 77.5 Å². The molecule has 4 heteroatoms. The molecule has 1 fully saturated rings. The van der Waals surface area contributed by atoms with Crippen LogP contribution in [0.4, 0.5) is 0 Å². The highest BCUT2D eigenvalue weighted by Gasteiger charge is 2.31. The minimum Gasteiger partial charge on any atom is -0.348 e. The van der Waals surface area contributed by atoms with Crippen LogP contribution in [0.5, 0.6) is 0 Å². The number of alkyl halides is 2. The third kappa shape index (κ3) is 1.94. The van der Waals surface area contributed by atoms with Crippen LogP contribution < -0.4 is 0 Å². The van der Waals surface area contributed by atoms with E-state index in [-0.39, 0.29) is 0 Å². The van der Waals surface area contributed by atoms with Crippen molar-refractivity contribution in [3.8, 4) is 0 Å². The molecule has 0 aliphatic carbocycles. The van der Waals surface area contributed by atoms with Gasteiger partial charge in [0.05, 0.1) is 23.9 Å². The molecule has 0 aromatic rings. The van der Waals surface area contributed by atoms with Gasteiger partial charge in [0.25, 0.3) is 0 Å². The quantitative estimate of drug-likeness (QED) is 0.716. The Kier molecular flexibility index (Phi) is 3.63. The summed E-state index contributed by atoms with van der Waals surface area (Å²) in [6, 6.07) is 0. The largest absolute Gasteiger partial charge is 0.348 e. The Morgan fingerprint density at radius 2 is 1.60 bits per heavy atom. The Balaban J connectivity index is 2.44. The summed E-state index contributed by atoms with van der Waals surface area (Å²) in [5.74, 6) is -0.405. The van der Waals surface area contributed by atoms with E-state index < -0.39 is 5.79 Å². The van der Waals surface area contributed by atoms with Crippen molar-refractivity contribution in [1.82, 2.24) is 0 Å². The molecule has 0 atom stereocenters. The average Bonchev–Trinajstić information content (AvgIpc) is 2.06. The molecule has 2 nitrogen and oxygen atoms in total. The van der Waals surface area contributed by atoms with Gasteiger partial charge in [0.15, 0.2) is 5.79 Å². The van der Waals surface area contributed by atoms with Crippen LogP contribution in [-0.4, -0.2) is 29.7 Å². The molecule has 1 aliphatic rings. The zero-order valence-electron chi connectivity index (χ0n) is 5.61. The lowest BCUT2D eigenvalue weighted by Gasteiger charge is -2.34. The molecule has 60 valence electrons. The molecular formula is C6H10Br2O2. The van der Waals surface area contributed by atoms with Crippen molar-refractivity contribution in [2.45, 2.75) is 12.2 Å². The topological polar surface area (TPSA) is 18.5 Å². The standard InChI is InChI=1S/C6H10Br2O2/c7-4-6(5-8)9-2-1-3-10-6/h1-5H2. The van der Waals surface area contributed by atoms with Crippen molar-refractivity contribution < 1.29 is 9.47 Å². The average molecular weight is 274 g/mol. The summed E-state index contributed by atoms with van der Waals surface area (Å²) in [5.41, 5.74) is 0. The summed E-state index contributed by atoms with van der Waals surface area (Å²) in [6.45, 7) is 1.61. The molecule has 1 rings (SSSR count). The second-order valence-corrected chi connectivity index (χ2v) is 3.35. The minimum atomic E-state index is -0.405. The van der Waals surface area contributed by atoms with Gasteiger partial charge < -0.3 is 9.47 Å². The van der Waals surface area contributed by atoms with Gasteiger partial charge in [-0.2, -0.15) is 0 Å². The summed E-state index contributed by atoms with van der Waals surface area (Å²) in [7, 11) is 0. The molecule has 0 bridgehead atoms. The Morgan fingerprint density at radius 1 is 1.10 bits per heavy atom. The van der Waals surface area contributed by atoms with Crippen molar-refractivity contribution in [2.24, 2.45) is 0 Å². The summed E-state index contributed by atoms with van der Waals surface area (Å²) >= 11 is 6.70. The van der Waals surface area contributed by atoms with Crippen molar-refractivity contribution in [1.29, 1.82) is 0 Å². The van der Waals surface area contributed by atoms with E-state index in [9.17, 15) is 0 Å². The van der Waals surface area contributed by atoms with E-state index in [4.69, 9.17) is 9.47 Å². The highest BCUT2D eigenvalue weighted by molar-refractivity contribution is 9.09. The first-order valence-corrected chi connectivity index (χ1v) is 5.47. The zero-order valence-corrected chi connectivity index (χ0v) is 8.78. The molecule has 1 heterocycles. The van der Waals surface area contributed by atoms with Crippen molar-refractivity contribution in [3.63, 3.8) is 0 Å². The fourth-order valence-corrected chi connectivity index (χ4v) is 2.38. The lowest BCUT2D eigenvalue weighted by atomic mass is 10.3. The van der Waals surface area contributed by atoms with Gasteiger partial charge in [-0.05, 0) is 6.42 Å². The molecule has 0 saturated carbocycles. The van der Waals surface area contributed by atoms with Crippen LogP contribution in [0.3, 0.4) is 0 Å². The molecule has 0 aromatic carbocycles. The van der Waals surface area contributed by atoms with Crippen LogP contribution in [0, 0.1) is 0 Å². The van der Waals surface area contributed by atoms with Gasteiger partial charge in [0.1, 0.15) is 0 Å². The van der Waals surface area contributed by atoms with Gasteiger partial charge in [0.2, 0.25) is 0 Å². The number of ether oxygens (including phenoxy) is 2. The van der Waals surface area contributed by atoms with Crippen LogP contribution >= 0.6 is 31.9 Å². The van der Waals surface area contributed by atoms with Crippen LogP contribution in [0.25, 0.3) is 0 Å². The summed E-state index contributed by atoms with van der Waals surface area (Å²) in [4.78, 5) is 0. The summed E-state index contributed by atoms with van der Waals surface area (Å²) < 4.78 is 10.9. The minimum absolute atomic E-state index is 0.405. The third-order valence-corrected chi connectivity index (χ3v) is 3.13. The Morgan fingerprint density at radius 3 is 1.90 bits per heavy atom. The van der Waals surface area contributed by atoms with E-state index >= 15 is 0 Å². The Hall–Kier alpha value is 0.880. The molecule has 0 radical (unpaired) electrons. The van der Waals surface area contributed by atoms with Crippen LogP contribution in [0.1, 0.15) is 6.42 Å². The molecule has 1 saturated heterocycles. The second-order valence-electron chi connectivity index (χ2n) is 2.23. The van der Waals surface area contributed by atoms with Crippen LogP contribution in [0.15, 0.2) is 0 Å². The summed E-state index contributed by atoms with van der Waals surface area (Å²) in [6.07, 6.45) is 1.00. The smallest absolute Gasteiger partial charge is 0.187 e. The van der Waals surface area contributed by atoms with E-state index in [1.807, 2.05) is 0 Å². The molecule has 0 unspecified atom stereocenters. The molecule has 0 N–H and O–H groups in total. The van der Waals surface area contributed by atoms with Gasteiger partial charge in [-0.25, -0.2) is 0 Å². The van der Waals surface area contributed by atoms with E-state index in [2.05, 4.69) is 31.9 Å². The predicted octanol–water partition coefficient (Wildman–Crippen LogP) is 1.91. The van der Waals surface area contributed by atoms with E-state index in [0.717, 1.165) is 30.3 Å². The Bertz CT molecular complexity index is 95.9. The molecule has 10 heavy (non-hydrogen) atoms. The maximum absolute atomic E-state index is 5.45. The second kappa shape index (κ2) is 4.04. The van der Waals surface area contributed by atoms with E-state index in [1.54, 1.807) is 0 Å². The molecular weight excluding hydrogens is 264 g/mol. The van der Waals surface area contributed by atoms with Crippen molar-refractivity contribution in [3.05, 3.63) is 0 Å². The third-order valence-electron chi connectivity index (χ3n) is 1.43. The normalized spacial score (nSPS) is 24.6. The highest BCUT2D eigenvalue weighted by Crippen LogP contribution is 2.23.